The second-order valence-corrected chi connectivity index (χ2v) is 13.3. The molecule has 0 spiro atoms. The number of benzene rings is 1. The Bertz CT molecular complexity index is 1820. The second-order valence-electron chi connectivity index (χ2n) is 12.9. The van der Waals surface area contributed by atoms with E-state index in [1.807, 2.05) is 17.9 Å². The lowest BCUT2D eigenvalue weighted by molar-refractivity contribution is -0.137. The highest BCUT2D eigenvalue weighted by Crippen LogP contribution is 2.42. The van der Waals surface area contributed by atoms with Crippen LogP contribution in [0.2, 0.25) is 5.02 Å². The van der Waals surface area contributed by atoms with E-state index in [2.05, 4.69) is 10.4 Å². The summed E-state index contributed by atoms with van der Waals surface area (Å²) in [6.45, 7) is 9.43. The molecule has 252 valence electrons. The van der Waals surface area contributed by atoms with Gasteiger partial charge in [-0.3, -0.25) is 14.2 Å². The van der Waals surface area contributed by atoms with E-state index in [0.29, 0.717) is 63.0 Å². The first-order valence-corrected chi connectivity index (χ1v) is 15.7. The summed E-state index contributed by atoms with van der Waals surface area (Å²) in [5.74, 6) is -0.297. The van der Waals surface area contributed by atoms with Gasteiger partial charge in [0, 0.05) is 32.1 Å². The van der Waals surface area contributed by atoms with Crippen LogP contribution < -0.4 is 15.8 Å². The molecule has 3 aliphatic heterocycles. The number of nitrogens with zero attached hydrogens (tertiary/aromatic N) is 6. The molecule has 2 atom stereocenters. The fraction of sp³-hybridized carbons (Fsp3) is 0.516. The highest BCUT2D eigenvalue weighted by molar-refractivity contribution is 6.33. The van der Waals surface area contributed by atoms with Gasteiger partial charge in [0.15, 0.2) is 5.82 Å². The summed E-state index contributed by atoms with van der Waals surface area (Å²) in [7, 11) is 0. The molecule has 6 rings (SSSR count). The molecule has 0 aliphatic carbocycles. The van der Waals surface area contributed by atoms with E-state index in [4.69, 9.17) is 26.1 Å². The van der Waals surface area contributed by atoms with E-state index < -0.39 is 40.9 Å². The van der Waals surface area contributed by atoms with Gasteiger partial charge in [-0.2, -0.15) is 22.7 Å². The SMILES string of the molecule is C[C@@H]1C[C@@H](C(=O)Nc2ccc(C(F)(F)F)cc2Cl)n2c1c(N1CCN(C(=O)OC(C)(C)C)CC1)c(=O)n1nc(C3=CCOCC3)nc21. The van der Waals surface area contributed by atoms with E-state index in [1.165, 1.54) is 4.52 Å². The Morgan fingerprint density at radius 2 is 1.85 bits per heavy atom. The van der Waals surface area contributed by atoms with Crippen molar-refractivity contribution in [2.24, 2.45) is 0 Å². The van der Waals surface area contributed by atoms with E-state index in [9.17, 15) is 27.6 Å². The molecule has 16 heteroatoms. The van der Waals surface area contributed by atoms with Crippen molar-refractivity contribution in [2.75, 3.05) is 49.6 Å². The van der Waals surface area contributed by atoms with E-state index in [0.717, 1.165) is 23.8 Å². The summed E-state index contributed by atoms with van der Waals surface area (Å²) in [5, 5.41) is 7.00. The summed E-state index contributed by atoms with van der Waals surface area (Å²) in [6, 6.07) is 1.84. The lowest BCUT2D eigenvalue weighted by Gasteiger charge is -2.37. The van der Waals surface area contributed by atoms with Crippen LogP contribution in [0, 0.1) is 0 Å². The number of alkyl halides is 3. The number of carbonyl (C=O) groups is 2. The van der Waals surface area contributed by atoms with Crippen molar-refractivity contribution in [1.29, 1.82) is 0 Å². The summed E-state index contributed by atoms with van der Waals surface area (Å²) in [6.07, 6.45) is -2.35. The van der Waals surface area contributed by atoms with Gasteiger partial charge in [0.2, 0.25) is 11.7 Å². The topological polar surface area (TPSA) is 123 Å². The van der Waals surface area contributed by atoms with Crippen molar-refractivity contribution in [3.8, 4) is 0 Å². The predicted molar refractivity (Wildman–Crippen MR) is 168 cm³/mol. The fourth-order valence-electron chi connectivity index (χ4n) is 6.19. The molecule has 1 aromatic carbocycles. The molecule has 0 saturated carbocycles. The van der Waals surface area contributed by atoms with Crippen LogP contribution in [-0.2, 0) is 20.4 Å². The number of anilines is 2. The van der Waals surface area contributed by atoms with Crippen molar-refractivity contribution >= 4 is 46.3 Å². The van der Waals surface area contributed by atoms with Gasteiger partial charge in [0.05, 0.1) is 35.2 Å². The molecule has 1 N–H and O–H groups in total. The third kappa shape index (κ3) is 6.42. The minimum absolute atomic E-state index is 0.0239. The van der Waals surface area contributed by atoms with Gasteiger partial charge in [-0.05, 0) is 57.4 Å². The molecule has 2 aromatic heterocycles. The highest BCUT2D eigenvalue weighted by atomic mass is 35.5. The molecular weight excluding hydrogens is 643 g/mol. The normalized spacial score (nSPS) is 20.3. The van der Waals surface area contributed by atoms with Gasteiger partial charge in [0.25, 0.3) is 5.56 Å². The van der Waals surface area contributed by atoms with E-state index >= 15 is 0 Å². The Morgan fingerprint density at radius 1 is 1.13 bits per heavy atom. The Hall–Kier alpha value is -4.11. The van der Waals surface area contributed by atoms with Crippen molar-refractivity contribution < 1.29 is 32.2 Å². The average molecular weight is 678 g/mol. The van der Waals surface area contributed by atoms with Gasteiger partial charge in [-0.1, -0.05) is 24.6 Å². The Kier molecular flexibility index (Phi) is 8.49. The maximum atomic E-state index is 14.2. The molecule has 12 nitrogen and oxygen atoms in total. The van der Waals surface area contributed by atoms with Gasteiger partial charge in [0.1, 0.15) is 17.3 Å². The van der Waals surface area contributed by atoms with E-state index in [1.54, 1.807) is 30.2 Å². The van der Waals surface area contributed by atoms with Crippen LogP contribution >= 0.6 is 11.6 Å². The van der Waals surface area contributed by atoms with Crippen LogP contribution in [0.1, 0.15) is 69.6 Å². The largest absolute Gasteiger partial charge is 0.444 e. The number of ether oxygens (including phenoxy) is 2. The minimum atomic E-state index is -4.59. The van der Waals surface area contributed by atoms with Crippen molar-refractivity contribution in [2.45, 2.75) is 64.3 Å². The first-order valence-electron chi connectivity index (χ1n) is 15.3. The number of aromatic nitrogens is 4. The van der Waals surface area contributed by atoms with Crippen molar-refractivity contribution in [3.05, 3.63) is 56.7 Å². The third-order valence-corrected chi connectivity index (χ3v) is 8.73. The van der Waals surface area contributed by atoms with Crippen LogP contribution in [0.5, 0.6) is 0 Å². The zero-order valence-corrected chi connectivity index (χ0v) is 27.1. The smallest absolute Gasteiger partial charge is 0.416 e. The number of carbonyl (C=O) groups excluding carboxylic acids is 2. The first-order chi connectivity index (χ1) is 22.1. The average Bonchev–Trinajstić information content (AvgIpc) is 3.60. The number of rotatable bonds is 4. The molecule has 5 heterocycles. The molecule has 1 fully saturated rings. The third-order valence-electron chi connectivity index (χ3n) is 8.41. The van der Waals surface area contributed by atoms with Gasteiger partial charge in [-0.15, -0.1) is 5.10 Å². The maximum absolute atomic E-state index is 14.2. The van der Waals surface area contributed by atoms with Crippen LogP contribution in [0.4, 0.5) is 29.3 Å². The quantitative estimate of drug-likeness (QED) is 0.404. The van der Waals surface area contributed by atoms with Crippen LogP contribution in [0.15, 0.2) is 29.1 Å². The summed E-state index contributed by atoms with van der Waals surface area (Å²) < 4.78 is 53.5. The summed E-state index contributed by atoms with van der Waals surface area (Å²) in [5.41, 5.74) is -0.211. The van der Waals surface area contributed by atoms with Crippen LogP contribution in [-0.4, -0.2) is 81.1 Å². The van der Waals surface area contributed by atoms with Crippen LogP contribution in [0.25, 0.3) is 11.4 Å². The number of hydrogen-bond acceptors (Lipinski definition) is 8. The van der Waals surface area contributed by atoms with Crippen LogP contribution in [0.3, 0.4) is 0 Å². The zero-order valence-electron chi connectivity index (χ0n) is 26.4. The predicted octanol–water partition coefficient (Wildman–Crippen LogP) is 5.11. The second kappa shape index (κ2) is 12.2. The lowest BCUT2D eigenvalue weighted by Crippen LogP contribution is -2.51. The number of halogens is 4. The first kappa shape index (κ1) is 32.8. The number of nitrogens with one attached hydrogen (secondary N) is 1. The molecular formula is C31H35ClF3N7O5. The molecule has 0 unspecified atom stereocenters. The summed E-state index contributed by atoms with van der Waals surface area (Å²) >= 11 is 6.17. The molecule has 3 aliphatic rings. The zero-order chi connectivity index (χ0) is 33.8. The molecule has 1 saturated heterocycles. The number of piperazine rings is 1. The number of hydrogen-bond donors (Lipinski definition) is 1. The Balaban J connectivity index is 1.39. The van der Waals surface area contributed by atoms with E-state index in [-0.39, 0.29) is 28.8 Å². The molecule has 2 amide bonds. The minimum Gasteiger partial charge on any atom is -0.444 e. The monoisotopic (exact) mass is 677 g/mol. The van der Waals surface area contributed by atoms with Crippen molar-refractivity contribution in [3.63, 3.8) is 0 Å². The van der Waals surface area contributed by atoms with Gasteiger partial charge >= 0.3 is 12.3 Å². The molecule has 0 radical (unpaired) electrons. The summed E-state index contributed by atoms with van der Waals surface area (Å²) in [4.78, 5) is 49.0. The highest BCUT2D eigenvalue weighted by Gasteiger charge is 2.41. The number of fused-ring (bicyclic) bond motifs is 3. The molecule has 47 heavy (non-hydrogen) atoms. The molecule has 3 aromatic rings. The van der Waals surface area contributed by atoms with Crippen molar-refractivity contribution in [1.82, 2.24) is 24.1 Å². The standard InChI is InChI=1S/C31H35ClF3N7O5/c1-17-15-22(26(43)36-21-6-5-19(16-20(21)32)31(33,34)35)41-23(17)24(39-9-11-40(12-10-39)29(45)47-30(2,3)4)27(44)42-28(41)37-25(38-42)18-7-13-46-14-8-18/h5-7,16-17,22H,8-15H2,1-4H3,(H,36,43)/t17-,22+/m1/s1. The fourth-order valence-corrected chi connectivity index (χ4v) is 6.42. The molecule has 0 bridgehead atoms. The Morgan fingerprint density at radius 3 is 2.47 bits per heavy atom. The Labute approximate surface area is 273 Å². The maximum Gasteiger partial charge on any atom is 0.416 e. The lowest BCUT2D eigenvalue weighted by atomic mass is 10.0. The van der Waals surface area contributed by atoms with Gasteiger partial charge in [-0.25, -0.2) is 4.79 Å². The number of amides is 2. The van der Waals surface area contributed by atoms with Gasteiger partial charge < -0.3 is 24.6 Å².